The van der Waals surface area contributed by atoms with Crippen molar-refractivity contribution in [2.24, 2.45) is 0 Å². The molecule has 1 heteroatoms. The summed E-state index contributed by atoms with van der Waals surface area (Å²) in [5, 5.41) is 0. The van der Waals surface area contributed by atoms with Crippen molar-refractivity contribution < 1.29 is 0 Å². The summed E-state index contributed by atoms with van der Waals surface area (Å²) < 4.78 is 0. The number of hydrogen-bond acceptors (Lipinski definition) is 1. The zero-order valence-electron chi connectivity index (χ0n) is 20.3. The van der Waals surface area contributed by atoms with Gasteiger partial charge in [0.05, 0.1) is 0 Å². The number of nitrogens with two attached hydrogens (primary N) is 1. The fraction of sp³-hybridized carbons (Fsp3) is 0.786. The minimum Gasteiger partial charge on any atom is -0.398 e. The van der Waals surface area contributed by atoms with Crippen LogP contribution in [0.15, 0.2) is 12.1 Å². The minimum absolute atomic E-state index is 0.585. The number of aryl methyl sites for hydroxylation is 2. The second kappa shape index (κ2) is 16.8. The molecule has 1 rings (SSSR count). The highest BCUT2D eigenvalue weighted by Crippen LogP contribution is 2.32. The first-order valence-corrected chi connectivity index (χ1v) is 12.9. The molecule has 2 N–H and O–H groups in total. The molecule has 1 aromatic carbocycles. The lowest BCUT2D eigenvalue weighted by molar-refractivity contribution is 0.521. The van der Waals surface area contributed by atoms with E-state index in [1.54, 1.807) is 0 Å². The van der Waals surface area contributed by atoms with Gasteiger partial charge < -0.3 is 5.73 Å². The van der Waals surface area contributed by atoms with E-state index in [0.29, 0.717) is 5.92 Å². The summed E-state index contributed by atoms with van der Waals surface area (Å²) in [6.45, 7) is 8.97. The summed E-state index contributed by atoms with van der Waals surface area (Å²) in [7, 11) is 0. The van der Waals surface area contributed by atoms with Crippen molar-refractivity contribution in [3.05, 3.63) is 28.8 Å². The van der Waals surface area contributed by atoms with E-state index >= 15 is 0 Å². The molecule has 0 radical (unpaired) electrons. The van der Waals surface area contributed by atoms with Crippen molar-refractivity contribution in [3.8, 4) is 0 Å². The van der Waals surface area contributed by atoms with E-state index in [0.717, 1.165) is 5.69 Å². The number of hydrogen-bond donors (Lipinski definition) is 1. The van der Waals surface area contributed by atoms with E-state index in [1.165, 1.54) is 126 Å². The first-order valence-electron chi connectivity index (χ1n) is 12.9. The largest absolute Gasteiger partial charge is 0.398 e. The van der Waals surface area contributed by atoms with Crippen molar-refractivity contribution in [3.63, 3.8) is 0 Å². The predicted octanol–water partition coefficient (Wildman–Crippen LogP) is 9.64. The molecule has 0 amide bonds. The van der Waals surface area contributed by atoms with E-state index in [9.17, 15) is 0 Å². The first kappa shape index (κ1) is 26.1. The van der Waals surface area contributed by atoms with Gasteiger partial charge in [0.25, 0.3) is 0 Å². The molecule has 0 bridgehead atoms. The highest BCUT2D eigenvalue weighted by atomic mass is 14.6. The molecule has 168 valence electrons. The molecular formula is C28H51N. The fourth-order valence-corrected chi connectivity index (χ4v) is 4.65. The predicted molar refractivity (Wildman–Crippen MR) is 133 cm³/mol. The molecule has 0 aromatic heterocycles. The van der Waals surface area contributed by atoms with Crippen molar-refractivity contribution >= 4 is 5.69 Å². The maximum absolute atomic E-state index is 6.35. The van der Waals surface area contributed by atoms with E-state index in [1.807, 2.05) is 0 Å². The number of nitrogen functional groups attached to an aromatic ring is 1. The lowest BCUT2D eigenvalue weighted by atomic mass is 9.88. The van der Waals surface area contributed by atoms with Crippen LogP contribution in [0.1, 0.15) is 146 Å². The molecule has 0 spiro atoms. The second-order valence-electron chi connectivity index (χ2n) is 9.52. The van der Waals surface area contributed by atoms with Gasteiger partial charge in [-0.3, -0.25) is 0 Å². The molecule has 0 aliphatic carbocycles. The Morgan fingerprint density at radius 2 is 1.00 bits per heavy atom. The summed E-state index contributed by atoms with van der Waals surface area (Å²) >= 11 is 0. The van der Waals surface area contributed by atoms with Crippen LogP contribution in [0.25, 0.3) is 0 Å². The molecule has 0 aliphatic rings. The third-order valence-electron chi connectivity index (χ3n) is 6.71. The third kappa shape index (κ3) is 11.7. The normalized spacial score (nSPS) is 12.4. The number of benzene rings is 1. The second-order valence-corrected chi connectivity index (χ2v) is 9.52. The summed E-state index contributed by atoms with van der Waals surface area (Å²) in [5.41, 5.74) is 11.3. The minimum atomic E-state index is 0.585. The SMILES string of the molecule is CCCCCCCCCCCCCCCCCCC(C)c1c(C)ccc(C)c1N. The monoisotopic (exact) mass is 401 g/mol. The molecule has 0 aliphatic heterocycles. The maximum Gasteiger partial charge on any atom is 0.0381 e. The van der Waals surface area contributed by atoms with Crippen LogP contribution in [0.3, 0.4) is 0 Å². The Morgan fingerprint density at radius 1 is 0.621 bits per heavy atom. The average Bonchev–Trinajstić information content (AvgIpc) is 2.70. The standard InChI is InChI=1S/C28H51N/c1-5-6-7-8-9-10-11-12-13-14-15-16-17-18-19-20-21-24(2)27-25(3)22-23-26(4)28(27)29/h22-24H,5-21,29H2,1-4H3. The zero-order chi connectivity index (χ0) is 21.3. The molecule has 1 nitrogen and oxygen atoms in total. The van der Waals surface area contributed by atoms with Crippen molar-refractivity contribution in [1.82, 2.24) is 0 Å². The Kier molecular flexibility index (Phi) is 15.1. The topological polar surface area (TPSA) is 26.0 Å². The van der Waals surface area contributed by atoms with E-state index in [-0.39, 0.29) is 0 Å². The first-order chi connectivity index (χ1) is 14.1. The zero-order valence-corrected chi connectivity index (χ0v) is 20.3. The summed E-state index contributed by atoms with van der Waals surface area (Å²) in [6.07, 6.45) is 24.2. The van der Waals surface area contributed by atoms with Gasteiger partial charge in [0.1, 0.15) is 0 Å². The van der Waals surface area contributed by atoms with E-state index in [2.05, 4.69) is 39.8 Å². The molecule has 0 saturated carbocycles. The van der Waals surface area contributed by atoms with Crippen molar-refractivity contribution in [2.75, 3.05) is 5.73 Å². The van der Waals surface area contributed by atoms with Crippen LogP contribution in [0.5, 0.6) is 0 Å². The van der Waals surface area contributed by atoms with Gasteiger partial charge in [-0.1, -0.05) is 129 Å². The van der Waals surface area contributed by atoms with E-state index < -0.39 is 0 Å². The van der Waals surface area contributed by atoms with Crippen LogP contribution in [-0.2, 0) is 0 Å². The molecule has 29 heavy (non-hydrogen) atoms. The van der Waals surface area contributed by atoms with Crippen LogP contribution >= 0.6 is 0 Å². The van der Waals surface area contributed by atoms with Gasteiger partial charge in [-0.2, -0.15) is 0 Å². The van der Waals surface area contributed by atoms with Crippen LogP contribution in [0.2, 0.25) is 0 Å². The Balaban J connectivity index is 1.92. The van der Waals surface area contributed by atoms with Gasteiger partial charge in [-0.05, 0) is 42.9 Å². The summed E-state index contributed by atoms with van der Waals surface area (Å²) in [4.78, 5) is 0. The van der Waals surface area contributed by atoms with Gasteiger partial charge in [-0.15, -0.1) is 0 Å². The maximum atomic E-state index is 6.35. The van der Waals surface area contributed by atoms with Gasteiger partial charge in [0, 0.05) is 5.69 Å². The number of anilines is 1. The Labute approximate surface area is 183 Å². The fourth-order valence-electron chi connectivity index (χ4n) is 4.65. The molecule has 0 saturated heterocycles. The lowest BCUT2D eigenvalue weighted by Crippen LogP contribution is -2.04. The van der Waals surface area contributed by atoms with Gasteiger partial charge in [0.2, 0.25) is 0 Å². The Morgan fingerprint density at radius 3 is 1.45 bits per heavy atom. The highest BCUT2D eigenvalue weighted by Gasteiger charge is 2.13. The molecule has 0 fully saturated rings. The Hall–Kier alpha value is -0.980. The van der Waals surface area contributed by atoms with Gasteiger partial charge >= 0.3 is 0 Å². The molecular weight excluding hydrogens is 350 g/mol. The number of rotatable bonds is 18. The van der Waals surface area contributed by atoms with E-state index in [4.69, 9.17) is 5.73 Å². The molecule has 1 unspecified atom stereocenters. The van der Waals surface area contributed by atoms with Gasteiger partial charge in [0.15, 0.2) is 0 Å². The third-order valence-corrected chi connectivity index (χ3v) is 6.71. The lowest BCUT2D eigenvalue weighted by Gasteiger charge is -2.18. The summed E-state index contributed by atoms with van der Waals surface area (Å²) in [5.74, 6) is 0.585. The van der Waals surface area contributed by atoms with Crippen LogP contribution < -0.4 is 5.73 Å². The highest BCUT2D eigenvalue weighted by molar-refractivity contribution is 5.57. The van der Waals surface area contributed by atoms with Crippen LogP contribution in [0.4, 0.5) is 5.69 Å². The van der Waals surface area contributed by atoms with Crippen molar-refractivity contribution in [1.29, 1.82) is 0 Å². The Bertz CT molecular complexity index is 519. The summed E-state index contributed by atoms with van der Waals surface area (Å²) in [6, 6.07) is 4.38. The molecule has 0 heterocycles. The average molecular weight is 402 g/mol. The van der Waals surface area contributed by atoms with Crippen molar-refractivity contribution in [2.45, 2.75) is 143 Å². The van der Waals surface area contributed by atoms with Crippen LogP contribution in [0, 0.1) is 13.8 Å². The number of unbranched alkanes of at least 4 members (excludes halogenated alkanes) is 15. The molecule has 1 aromatic rings. The molecule has 1 atom stereocenters. The quantitative estimate of drug-likeness (QED) is 0.192. The smallest absolute Gasteiger partial charge is 0.0381 e. The van der Waals surface area contributed by atoms with Gasteiger partial charge in [-0.25, -0.2) is 0 Å². The van der Waals surface area contributed by atoms with Crippen LogP contribution in [-0.4, -0.2) is 0 Å².